The number of aromatic amines is 1. The van der Waals surface area contributed by atoms with Crippen LogP contribution in [0, 0.1) is 5.92 Å². The molecule has 2 aliphatic heterocycles. The fraction of sp³-hybridized carbons (Fsp3) is 0.769. The minimum atomic E-state index is -0.722. The van der Waals surface area contributed by atoms with Crippen LogP contribution in [0.15, 0.2) is 6.20 Å². The van der Waals surface area contributed by atoms with Gasteiger partial charge in [-0.1, -0.05) is 0 Å². The van der Waals surface area contributed by atoms with Gasteiger partial charge in [-0.3, -0.25) is 9.69 Å². The fourth-order valence-corrected chi connectivity index (χ4v) is 5.80. The Bertz CT molecular complexity index is 463. The van der Waals surface area contributed by atoms with Crippen molar-refractivity contribution in [3.05, 3.63) is 11.9 Å². The maximum Gasteiger partial charge on any atom is 0.303 e. The summed E-state index contributed by atoms with van der Waals surface area (Å²) in [5.74, 6) is 4.33. The molecule has 116 valence electrons. The number of thioether (sulfide) groups is 2. The van der Waals surface area contributed by atoms with Gasteiger partial charge in [0, 0.05) is 48.1 Å². The average molecular weight is 328 g/mol. The van der Waals surface area contributed by atoms with Gasteiger partial charge in [-0.2, -0.15) is 38.9 Å². The van der Waals surface area contributed by atoms with Crippen molar-refractivity contribution < 1.29 is 9.90 Å². The van der Waals surface area contributed by atoms with E-state index in [9.17, 15) is 4.79 Å². The van der Waals surface area contributed by atoms with E-state index in [1.807, 2.05) is 23.5 Å². The molecule has 3 rings (SSSR count). The first-order chi connectivity index (χ1) is 10.2. The molecule has 8 heteroatoms. The van der Waals surface area contributed by atoms with Crippen molar-refractivity contribution in [2.45, 2.75) is 18.4 Å². The minimum absolute atomic E-state index is 0.130. The molecular weight excluding hydrogens is 308 g/mol. The zero-order valence-corrected chi connectivity index (χ0v) is 13.4. The Hall–Kier alpha value is -0.730. The second-order valence-electron chi connectivity index (χ2n) is 5.62. The molecule has 1 aromatic heterocycles. The minimum Gasteiger partial charge on any atom is -0.481 e. The molecule has 0 aliphatic carbocycles. The number of aromatic nitrogens is 3. The van der Waals surface area contributed by atoms with Crippen LogP contribution in [0.1, 0.15) is 18.0 Å². The lowest BCUT2D eigenvalue weighted by Gasteiger charge is -2.26. The SMILES string of the molecule is O=C(O)C[C@@H]1CN(C2CSCCSC2)C[C@@H]1c1cn[nH]n1. The lowest BCUT2D eigenvalue weighted by atomic mass is 9.91. The lowest BCUT2D eigenvalue weighted by molar-refractivity contribution is -0.138. The average Bonchev–Trinajstić information content (AvgIpc) is 3.02. The number of carboxylic acid groups (broad SMARTS) is 1. The van der Waals surface area contributed by atoms with Crippen molar-refractivity contribution in [2.24, 2.45) is 5.92 Å². The zero-order chi connectivity index (χ0) is 14.7. The van der Waals surface area contributed by atoms with Crippen molar-refractivity contribution in [3.8, 4) is 0 Å². The molecule has 6 nitrogen and oxygen atoms in total. The second kappa shape index (κ2) is 7.02. The summed E-state index contributed by atoms with van der Waals surface area (Å²) >= 11 is 4.02. The third-order valence-corrected chi connectivity index (χ3v) is 6.71. The van der Waals surface area contributed by atoms with Gasteiger partial charge in [-0.15, -0.1) is 0 Å². The normalized spacial score (nSPS) is 28.6. The first-order valence-corrected chi connectivity index (χ1v) is 9.52. The Labute approximate surface area is 132 Å². The predicted octanol–water partition coefficient (Wildman–Crippen LogP) is 1.14. The van der Waals surface area contributed by atoms with E-state index in [1.54, 1.807) is 6.20 Å². The fourth-order valence-electron chi connectivity index (χ4n) is 3.17. The molecule has 0 amide bonds. The summed E-state index contributed by atoms with van der Waals surface area (Å²) in [5.41, 5.74) is 0.901. The number of aliphatic carboxylic acids is 1. The van der Waals surface area contributed by atoms with Crippen LogP contribution in [0.25, 0.3) is 0 Å². The predicted molar refractivity (Wildman–Crippen MR) is 84.9 cm³/mol. The second-order valence-corrected chi connectivity index (χ2v) is 7.92. The van der Waals surface area contributed by atoms with E-state index in [4.69, 9.17) is 5.11 Å². The molecule has 2 N–H and O–H groups in total. The van der Waals surface area contributed by atoms with Crippen LogP contribution in [-0.2, 0) is 4.79 Å². The summed E-state index contributed by atoms with van der Waals surface area (Å²) in [4.78, 5) is 13.6. The molecule has 0 radical (unpaired) electrons. The van der Waals surface area contributed by atoms with E-state index < -0.39 is 5.97 Å². The summed E-state index contributed by atoms with van der Waals surface area (Å²) in [6, 6.07) is 0.552. The molecular formula is C13H20N4O2S2. The number of nitrogens with one attached hydrogen (secondary N) is 1. The lowest BCUT2D eigenvalue weighted by Crippen LogP contribution is -2.37. The Balaban J connectivity index is 1.71. The van der Waals surface area contributed by atoms with Gasteiger partial charge in [0.15, 0.2) is 0 Å². The van der Waals surface area contributed by atoms with Gasteiger partial charge >= 0.3 is 5.97 Å². The number of carboxylic acids is 1. The van der Waals surface area contributed by atoms with E-state index in [2.05, 4.69) is 20.3 Å². The highest BCUT2D eigenvalue weighted by Gasteiger charge is 2.39. The van der Waals surface area contributed by atoms with Gasteiger partial charge in [-0.25, -0.2) is 0 Å². The Morgan fingerprint density at radius 2 is 2.14 bits per heavy atom. The molecule has 0 aromatic carbocycles. The summed E-state index contributed by atoms with van der Waals surface area (Å²) in [5, 5.41) is 19.9. The van der Waals surface area contributed by atoms with Crippen LogP contribution in [0.5, 0.6) is 0 Å². The number of carbonyl (C=O) groups is 1. The summed E-state index contributed by atoms with van der Waals surface area (Å²) in [6.07, 6.45) is 1.95. The zero-order valence-electron chi connectivity index (χ0n) is 11.8. The first-order valence-electron chi connectivity index (χ1n) is 7.21. The number of nitrogens with zero attached hydrogens (tertiary/aromatic N) is 3. The summed E-state index contributed by atoms with van der Waals surface area (Å²) < 4.78 is 0. The molecule has 2 fully saturated rings. The van der Waals surface area contributed by atoms with Gasteiger partial charge in [0.2, 0.25) is 0 Å². The van der Waals surface area contributed by atoms with Gasteiger partial charge in [-0.05, 0) is 5.92 Å². The molecule has 0 bridgehead atoms. The topological polar surface area (TPSA) is 82.1 Å². The van der Waals surface area contributed by atoms with Crippen LogP contribution in [0.3, 0.4) is 0 Å². The molecule has 0 saturated carbocycles. The van der Waals surface area contributed by atoms with Crippen LogP contribution in [-0.4, -0.2) is 73.5 Å². The highest BCUT2D eigenvalue weighted by atomic mass is 32.2. The van der Waals surface area contributed by atoms with Gasteiger partial charge in [0.1, 0.15) is 0 Å². The third-order valence-electron chi connectivity index (χ3n) is 4.23. The molecule has 2 saturated heterocycles. The van der Waals surface area contributed by atoms with Crippen LogP contribution < -0.4 is 0 Å². The maximum absolute atomic E-state index is 11.1. The number of likely N-dealkylation sites (tertiary alicyclic amines) is 1. The molecule has 1 aromatic rings. The molecule has 2 aliphatic rings. The summed E-state index contributed by atoms with van der Waals surface area (Å²) in [6.45, 7) is 1.76. The highest BCUT2D eigenvalue weighted by Crippen LogP contribution is 2.36. The Morgan fingerprint density at radius 1 is 1.38 bits per heavy atom. The van der Waals surface area contributed by atoms with Gasteiger partial charge < -0.3 is 5.11 Å². The van der Waals surface area contributed by atoms with Gasteiger partial charge in [0.05, 0.1) is 18.3 Å². The summed E-state index contributed by atoms with van der Waals surface area (Å²) in [7, 11) is 0. The largest absolute Gasteiger partial charge is 0.481 e. The number of H-pyrrole nitrogens is 1. The van der Waals surface area contributed by atoms with E-state index in [-0.39, 0.29) is 18.3 Å². The van der Waals surface area contributed by atoms with E-state index in [0.717, 1.165) is 30.3 Å². The molecule has 3 heterocycles. The van der Waals surface area contributed by atoms with Crippen LogP contribution in [0.4, 0.5) is 0 Å². The third kappa shape index (κ3) is 3.73. The standard InChI is InChI=1S/C13H20N4O2S2/c18-13(19)3-9-5-17(10-7-20-1-2-21-8-10)6-11(9)12-4-14-16-15-12/h4,9-11H,1-3,5-8H2,(H,18,19)(H,14,15,16)/t9-,11+/m1/s1. The van der Waals surface area contributed by atoms with Crippen molar-refractivity contribution >= 4 is 29.5 Å². The van der Waals surface area contributed by atoms with Gasteiger partial charge in [0.25, 0.3) is 0 Å². The Kier molecular flexibility index (Phi) is 5.07. The number of hydrogen-bond donors (Lipinski definition) is 2. The van der Waals surface area contributed by atoms with Crippen molar-refractivity contribution in [1.82, 2.24) is 20.3 Å². The monoisotopic (exact) mass is 328 g/mol. The molecule has 0 unspecified atom stereocenters. The van der Waals surface area contributed by atoms with E-state index >= 15 is 0 Å². The van der Waals surface area contributed by atoms with Crippen LogP contribution in [0.2, 0.25) is 0 Å². The van der Waals surface area contributed by atoms with Crippen molar-refractivity contribution in [3.63, 3.8) is 0 Å². The van der Waals surface area contributed by atoms with Crippen molar-refractivity contribution in [1.29, 1.82) is 0 Å². The number of rotatable bonds is 4. The highest BCUT2D eigenvalue weighted by molar-refractivity contribution is 8.03. The smallest absolute Gasteiger partial charge is 0.303 e. The van der Waals surface area contributed by atoms with Crippen LogP contribution >= 0.6 is 23.5 Å². The maximum atomic E-state index is 11.1. The first kappa shape index (κ1) is 15.2. The molecule has 2 atom stereocenters. The molecule has 0 spiro atoms. The number of hydrogen-bond acceptors (Lipinski definition) is 6. The molecule has 21 heavy (non-hydrogen) atoms. The van der Waals surface area contributed by atoms with E-state index in [1.165, 1.54) is 11.5 Å². The van der Waals surface area contributed by atoms with Crippen molar-refractivity contribution in [2.75, 3.05) is 36.1 Å². The Morgan fingerprint density at radius 3 is 2.76 bits per heavy atom. The van der Waals surface area contributed by atoms with E-state index in [0.29, 0.717) is 6.04 Å². The quantitative estimate of drug-likeness (QED) is 0.858.